The molecular weight excluding hydrogens is 442 g/mol. The number of aliphatic hydroxyl groups excluding tert-OH is 2. The first-order chi connectivity index (χ1) is 17.5. The maximum atomic E-state index is 10.8. The number of likely N-dealkylation sites (N-methyl/N-ethyl adjacent to an activating group) is 1. The molecule has 2 aromatic rings. The van der Waals surface area contributed by atoms with Gasteiger partial charge in [-0.3, -0.25) is 0 Å². The molecule has 1 unspecified atom stereocenters. The van der Waals surface area contributed by atoms with Crippen molar-refractivity contribution in [2.45, 2.75) is 77.2 Å². The fourth-order valence-electron chi connectivity index (χ4n) is 4.78. The van der Waals surface area contributed by atoms with E-state index in [0.29, 0.717) is 0 Å². The average Bonchev–Trinajstić information content (AvgIpc) is 2.90. The number of quaternary nitrogens is 1. The molecule has 0 bridgehead atoms. The highest BCUT2D eigenvalue weighted by Gasteiger charge is 2.23. The van der Waals surface area contributed by atoms with Gasteiger partial charge in [-0.15, -0.1) is 0 Å². The van der Waals surface area contributed by atoms with Crippen LogP contribution in [0.1, 0.15) is 82.3 Å². The Balaban J connectivity index is 2.06. The minimum absolute atomic E-state index is 0.295. The van der Waals surface area contributed by atoms with E-state index in [1.165, 1.54) is 64.2 Å². The highest BCUT2D eigenvalue weighted by atomic mass is 16.3. The van der Waals surface area contributed by atoms with E-state index in [0.717, 1.165) is 39.8 Å². The lowest BCUT2D eigenvalue weighted by atomic mass is 9.94. The number of rotatable bonds is 18. The Labute approximate surface area is 220 Å². The minimum Gasteiger partial charge on any atom is -0.393 e. The van der Waals surface area contributed by atoms with Crippen molar-refractivity contribution in [2.75, 3.05) is 33.8 Å². The molecule has 0 saturated carbocycles. The summed E-state index contributed by atoms with van der Waals surface area (Å²) in [5.74, 6) is 0. The molecule has 0 spiro atoms. The third-order valence-electron chi connectivity index (χ3n) is 6.96. The summed E-state index contributed by atoms with van der Waals surface area (Å²) in [6.45, 7) is 3.87. The van der Waals surface area contributed by atoms with E-state index in [2.05, 4.69) is 33.2 Å². The summed E-state index contributed by atoms with van der Waals surface area (Å²) < 4.78 is 0.849. The van der Waals surface area contributed by atoms with Crippen LogP contribution in [0.2, 0.25) is 0 Å². The van der Waals surface area contributed by atoms with Gasteiger partial charge in [0.05, 0.1) is 27.2 Å². The molecule has 0 aromatic heterocycles. The van der Waals surface area contributed by atoms with Gasteiger partial charge < -0.3 is 14.7 Å². The van der Waals surface area contributed by atoms with Crippen LogP contribution in [0, 0.1) is 0 Å². The first-order valence-electron chi connectivity index (χ1n) is 14.1. The third-order valence-corrected chi connectivity index (χ3v) is 6.96. The maximum Gasteiger partial charge on any atom is 0.105 e. The Bertz CT molecular complexity index is 886. The van der Waals surface area contributed by atoms with Crippen LogP contribution in [-0.2, 0) is 0 Å². The van der Waals surface area contributed by atoms with Crippen molar-refractivity contribution < 1.29 is 14.7 Å². The monoisotopic (exact) mass is 492 g/mol. The molecule has 3 heteroatoms. The molecule has 36 heavy (non-hydrogen) atoms. The molecule has 0 aliphatic rings. The average molecular weight is 493 g/mol. The number of hydrogen-bond acceptors (Lipinski definition) is 2. The van der Waals surface area contributed by atoms with E-state index >= 15 is 0 Å². The standard InChI is InChI=1S/C33H50NO2/c1-4-5-6-7-8-9-10-11-12-19-26-34(2,3)27-32(30-22-17-14-18-23-30)31(33(36)28-35)25-24-29-20-15-13-16-21-29/h13-18,20-25,33,35-36H,4-12,19,26-28H2,1-3H3/q+1. The summed E-state index contributed by atoms with van der Waals surface area (Å²) in [6, 6.07) is 20.4. The van der Waals surface area contributed by atoms with Crippen molar-refractivity contribution in [3.05, 3.63) is 83.4 Å². The van der Waals surface area contributed by atoms with Crippen molar-refractivity contribution in [1.82, 2.24) is 0 Å². The van der Waals surface area contributed by atoms with Crippen molar-refractivity contribution in [1.29, 1.82) is 0 Å². The van der Waals surface area contributed by atoms with Gasteiger partial charge in [0.25, 0.3) is 0 Å². The van der Waals surface area contributed by atoms with Gasteiger partial charge in [-0.05, 0) is 29.5 Å². The second kappa shape index (κ2) is 17.3. The number of nitrogens with zero attached hydrogens (tertiary/aromatic N) is 1. The van der Waals surface area contributed by atoms with Crippen LogP contribution in [0.15, 0.2) is 72.3 Å². The highest BCUT2D eigenvalue weighted by Crippen LogP contribution is 2.26. The van der Waals surface area contributed by atoms with Crippen LogP contribution in [0.5, 0.6) is 0 Å². The smallest absolute Gasteiger partial charge is 0.105 e. The quantitative estimate of drug-likeness (QED) is 0.128. The number of unbranched alkanes of at least 4 members (excludes halogenated alkanes) is 9. The van der Waals surface area contributed by atoms with Gasteiger partial charge in [0.2, 0.25) is 0 Å². The largest absolute Gasteiger partial charge is 0.393 e. The second-order valence-corrected chi connectivity index (χ2v) is 10.7. The fourth-order valence-corrected chi connectivity index (χ4v) is 4.78. The van der Waals surface area contributed by atoms with Crippen LogP contribution in [-0.4, -0.2) is 54.6 Å². The molecule has 0 radical (unpaired) electrons. The van der Waals surface area contributed by atoms with Crippen LogP contribution >= 0.6 is 0 Å². The van der Waals surface area contributed by atoms with E-state index in [1.807, 2.05) is 60.7 Å². The molecule has 0 saturated heterocycles. The third kappa shape index (κ3) is 11.7. The summed E-state index contributed by atoms with van der Waals surface area (Å²) in [4.78, 5) is 0. The second-order valence-electron chi connectivity index (χ2n) is 10.7. The molecule has 0 aliphatic carbocycles. The van der Waals surface area contributed by atoms with Crippen LogP contribution in [0.3, 0.4) is 0 Å². The SMILES string of the molecule is CCCCCCCCCCCC[N+](C)(C)CC(=C(C=Cc1ccccc1)C(O)CO)c1ccccc1. The molecule has 2 N–H and O–H groups in total. The number of aliphatic hydroxyl groups is 2. The van der Waals surface area contributed by atoms with Gasteiger partial charge in [0.1, 0.15) is 12.6 Å². The zero-order valence-corrected chi connectivity index (χ0v) is 23.0. The molecule has 1 atom stereocenters. The molecule has 0 fully saturated rings. The predicted octanol–water partition coefficient (Wildman–Crippen LogP) is 7.50. The Morgan fingerprint density at radius 3 is 1.86 bits per heavy atom. The lowest BCUT2D eigenvalue weighted by molar-refractivity contribution is -0.883. The zero-order chi connectivity index (χ0) is 26.1. The Kier molecular flexibility index (Phi) is 14.4. The lowest BCUT2D eigenvalue weighted by Crippen LogP contribution is -2.42. The molecule has 2 aromatic carbocycles. The van der Waals surface area contributed by atoms with E-state index in [1.54, 1.807) is 0 Å². The molecule has 0 heterocycles. The first kappa shape index (κ1) is 30.0. The van der Waals surface area contributed by atoms with Gasteiger partial charge in [0, 0.05) is 5.57 Å². The van der Waals surface area contributed by atoms with Gasteiger partial charge in [-0.1, -0.05) is 131 Å². The normalized spacial score (nSPS) is 13.7. The molecule has 0 aliphatic heterocycles. The summed E-state index contributed by atoms with van der Waals surface area (Å²) >= 11 is 0. The molecular formula is C33H50NO2+. The summed E-state index contributed by atoms with van der Waals surface area (Å²) in [5, 5.41) is 20.7. The molecule has 198 valence electrons. The Hall–Kier alpha value is -2.20. The van der Waals surface area contributed by atoms with E-state index in [-0.39, 0.29) is 6.61 Å². The lowest BCUT2D eigenvalue weighted by Gasteiger charge is -2.32. The molecule has 3 nitrogen and oxygen atoms in total. The molecule has 2 rings (SSSR count). The minimum atomic E-state index is -0.919. The highest BCUT2D eigenvalue weighted by molar-refractivity contribution is 5.74. The predicted molar refractivity (Wildman–Crippen MR) is 156 cm³/mol. The summed E-state index contributed by atoms with van der Waals surface area (Å²) in [5.41, 5.74) is 4.07. The fraction of sp³-hybridized carbons (Fsp3) is 0.515. The van der Waals surface area contributed by atoms with E-state index in [9.17, 15) is 10.2 Å². The first-order valence-corrected chi connectivity index (χ1v) is 14.1. The van der Waals surface area contributed by atoms with Crippen molar-refractivity contribution in [3.8, 4) is 0 Å². The van der Waals surface area contributed by atoms with Gasteiger partial charge in [-0.25, -0.2) is 0 Å². The Morgan fingerprint density at radius 1 is 0.778 bits per heavy atom. The maximum absolute atomic E-state index is 10.8. The van der Waals surface area contributed by atoms with Gasteiger partial charge >= 0.3 is 0 Å². The topological polar surface area (TPSA) is 40.5 Å². The van der Waals surface area contributed by atoms with Gasteiger partial charge in [0.15, 0.2) is 0 Å². The van der Waals surface area contributed by atoms with E-state index < -0.39 is 6.10 Å². The van der Waals surface area contributed by atoms with E-state index in [4.69, 9.17) is 0 Å². The van der Waals surface area contributed by atoms with Crippen LogP contribution < -0.4 is 0 Å². The summed E-state index contributed by atoms with van der Waals surface area (Å²) in [7, 11) is 4.56. The van der Waals surface area contributed by atoms with Crippen LogP contribution in [0.4, 0.5) is 0 Å². The number of benzene rings is 2. The molecule has 0 amide bonds. The van der Waals surface area contributed by atoms with Crippen LogP contribution in [0.25, 0.3) is 11.6 Å². The number of hydrogen-bond donors (Lipinski definition) is 2. The van der Waals surface area contributed by atoms with Gasteiger partial charge in [-0.2, -0.15) is 0 Å². The van der Waals surface area contributed by atoms with Crippen molar-refractivity contribution >= 4 is 11.6 Å². The Morgan fingerprint density at radius 2 is 1.31 bits per heavy atom. The zero-order valence-electron chi connectivity index (χ0n) is 23.0. The summed E-state index contributed by atoms with van der Waals surface area (Å²) in [6.07, 6.45) is 16.5. The van der Waals surface area contributed by atoms with Crippen molar-refractivity contribution in [2.24, 2.45) is 0 Å². The van der Waals surface area contributed by atoms with Crippen molar-refractivity contribution in [3.63, 3.8) is 0 Å².